The number of carbonyl (C=O) groups is 1. The quantitative estimate of drug-likeness (QED) is 0.839. The first-order valence-corrected chi connectivity index (χ1v) is 9.50. The van der Waals surface area contributed by atoms with E-state index < -0.39 is 20.9 Å². The van der Waals surface area contributed by atoms with Crippen molar-refractivity contribution < 1.29 is 17.6 Å². The average Bonchev–Trinajstić information content (AvgIpc) is 2.73. The second-order valence-corrected chi connectivity index (χ2v) is 8.16. The highest BCUT2D eigenvalue weighted by Crippen LogP contribution is 2.29. The van der Waals surface area contributed by atoms with E-state index in [1.165, 1.54) is 23.1 Å². The maximum absolute atomic E-state index is 13.3. The van der Waals surface area contributed by atoms with Crippen LogP contribution in [0.1, 0.15) is 27.6 Å². The molecule has 4 nitrogen and oxygen atoms in total. The molecule has 126 valence electrons. The highest BCUT2D eigenvalue weighted by molar-refractivity contribution is 7.91. The topological polar surface area (TPSA) is 54.5 Å². The Kier molecular flexibility index (Phi) is 4.66. The molecule has 1 atom stereocenters. The van der Waals surface area contributed by atoms with Gasteiger partial charge < -0.3 is 4.90 Å². The lowest BCUT2D eigenvalue weighted by atomic mass is 10.1. The van der Waals surface area contributed by atoms with Crippen molar-refractivity contribution in [2.24, 2.45) is 0 Å². The minimum Gasteiger partial charge on any atom is -0.338 e. The van der Waals surface area contributed by atoms with E-state index in [2.05, 4.69) is 0 Å². The maximum atomic E-state index is 13.3. The molecular weight excluding hydrogens is 329 g/mol. The summed E-state index contributed by atoms with van der Waals surface area (Å²) in [5, 5.41) is -0.607. The summed E-state index contributed by atoms with van der Waals surface area (Å²) in [7, 11) is -3.34. The molecule has 0 radical (unpaired) electrons. The van der Waals surface area contributed by atoms with Crippen molar-refractivity contribution in [1.82, 2.24) is 4.90 Å². The number of hydrogen-bond acceptors (Lipinski definition) is 3. The summed E-state index contributed by atoms with van der Waals surface area (Å²) in [4.78, 5) is 14.0. The van der Waals surface area contributed by atoms with Crippen LogP contribution in [0.5, 0.6) is 0 Å². The van der Waals surface area contributed by atoms with Crippen molar-refractivity contribution in [3.05, 3.63) is 71.5 Å². The fourth-order valence-electron chi connectivity index (χ4n) is 2.99. The lowest BCUT2D eigenvalue weighted by Gasteiger charge is -2.20. The molecule has 1 aliphatic heterocycles. The molecule has 1 fully saturated rings. The van der Waals surface area contributed by atoms with Crippen molar-refractivity contribution in [3.63, 3.8) is 0 Å². The Balaban J connectivity index is 1.82. The van der Waals surface area contributed by atoms with E-state index in [-0.39, 0.29) is 23.8 Å². The molecule has 0 N–H and O–H groups in total. The van der Waals surface area contributed by atoms with Gasteiger partial charge in [-0.15, -0.1) is 0 Å². The molecule has 0 aliphatic carbocycles. The summed E-state index contributed by atoms with van der Waals surface area (Å²) in [6.45, 7) is 0.454. The molecule has 24 heavy (non-hydrogen) atoms. The van der Waals surface area contributed by atoms with E-state index in [1.54, 1.807) is 18.2 Å². The van der Waals surface area contributed by atoms with Gasteiger partial charge in [-0.3, -0.25) is 4.79 Å². The third kappa shape index (κ3) is 3.48. The normalized spacial score (nSPS) is 20.4. The first kappa shape index (κ1) is 16.6. The largest absolute Gasteiger partial charge is 0.338 e. The molecule has 0 bridgehead atoms. The Morgan fingerprint density at radius 2 is 1.79 bits per heavy atom. The number of halogens is 1. The minimum absolute atomic E-state index is 0.0897. The molecule has 1 heterocycles. The number of nitrogens with zero attached hydrogens (tertiary/aromatic N) is 1. The van der Waals surface area contributed by atoms with E-state index in [4.69, 9.17) is 0 Å². The summed E-state index contributed by atoms with van der Waals surface area (Å²) in [6.07, 6.45) is 0.341. The standard InChI is InChI=1S/C18H18FNO3S/c19-16-8-4-7-15(13-16)18(21)20-10-9-17(24(22,23)12-11-20)14-5-2-1-3-6-14/h1-8,13,17H,9-12H2/t17-/m0/s1. The monoisotopic (exact) mass is 347 g/mol. The molecule has 1 aliphatic rings. The summed E-state index contributed by atoms with van der Waals surface area (Å²) in [5.74, 6) is -0.906. The lowest BCUT2D eigenvalue weighted by Crippen LogP contribution is -2.33. The Bertz CT molecular complexity index is 836. The van der Waals surface area contributed by atoms with Crippen LogP contribution in [0.25, 0.3) is 0 Å². The van der Waals surface area contributed by atoms with E-state index in [0.29, 0.717) is 13.0 Å². The number of hydrogen-bond donors (Lipinski definition) is 0. The van der Waals surface area contributed by atoms with Gasteiger partial charge in [-0.05, 0) is 30.2 Å². The molecule has 1 saturated heterocycles. The van der Waals surface area contributed by atoms with Crippen molar-refractivity contribution in [2.75, 3.05) is 18.8 Å². The number of amides is 1. The Labute approximate surface area is 140 Å². The van der Waals surface area contributed by atoms with Crippen LogP contribution in [0.3, 0.4) is 0 Å². The van der Waals surface area contributed by atoms with Crippen molar-refractivity contribution in [3.8, 4) is 0 Å². The molecule has 0 aromatic heterocycles. The third-order valence-electron chi connectivity index (χ3n) is 4.27. The van der Waals surface area contributed by atoms with Crippen molar-refractivity contribution >= 4 is 15.7 Å². The van der Waals surface area contributed by atoms with Gasteiger partial charge in [0.25, 0.3) is 5.91 Å². The van der Waals surface area contributed by atoms with E-state index in [0.717, 1.165) is 5.56 Å². The Morgan fingerprint density at radius 1 is 1.04 bits per heavy atom. The number of benzene rings is 2. The van der Waals surface area contributed by atoms with Crippen LogP contribution in [0.2, 0.25) is 0 Å². The Morgan fingerprint density at radius 3 is 2.50 bits per heavy atom. The van der Waals surface area contributed by atoms with Gasteiger partial charge in [-0.2, -0.15) is 0 Å². The van der Waals surface area contributed by atoms with Crippen LogP contribution in [0.4, 0.5) is 4.39 Å². The molecular formula is C18H18FNO3S. The fourth-order valence-corrected chi connectivity index (χ4v) is 4.79. The van der Waals surface area contributed by atoms with Crippen LogP contribution in [-0.4, -0.2) is 38.1 Å². The van der Waals surface area contributed by atoms with Gasteiger partial charge in [0.15, 0.2) is 9.84 Å². The molecule has 2 aromatic carbocycles. The predicted molar refractivity (Wildman–Crippen MR) is 89.9 cm³/mol. The van der Waals surface area contributed by atoms with Gasteiger partial charge in [0, 0.05) is 18.7 Å². The van der Waals surface area contributed by atoms with Gasteiger partial charge in [-0.25, -0.2) is 12.8 Å². The molecule has 0 saturated carbocycles. The van der Waals surface area contributed by atoms with Crippen molar-refractivity contribution in [2.45, 2.75) is 11.7 Å². The molecule has 3 rings (SSSR count). The van der Waals surface area contributed by atoms with Gasteiger partial charge in [0.1, 0.15) is 5.82 Å². The molecule has 0 spiro atoms. The second-order valence-electron chi connectivity index (χ2n) is 5.86. The first-order valence-electron chi connectivity index (χ1n) is 7.79. The van der Waals surface area contributed by atoms with Crippen LogP contribution >= 0.6 is 0 Å². The number of carbonyl (C=O) groups excluding carboxylic acids is 1. The molecule has 6 heteroatoms. The SMILES string of the molecule is O=C(c1cccc(F)c1)N1CC[C@@H](c2ccccc2)S(=O)(=O)CC1. The zero-order chi connectivity index (χ0) is 17.2. The summed E-state index contributed by atoms with van der Waals surface area (Å²) in [6, 6.07) is 14.5. The fraction of sp³-hybridized carbons (Fsp3) is 0.278. The van der Waals surface area contributed by atoms with E-state index in [9.17, 15) is 17.6 Å². The highest BCUT2D eigenvalue weighted by atomic mass is 32.2. The van der Waals surface area contributed by atoms with E-state index >= 15 is 0 Å². The van der Waals surface area contributed by atoms with Crippen LogP contribution in [-0.2, 0) is 9.84 Å². The zero-order valence-electron chi connectivity index (χ0n) is 13.1. The van der Waals surface area contributed by atoms with Crippen LogP contribution in [0, 0.1) is 5.82 Å². The summed E-state index contributed by atoms with van der Waals surface area (Å²) >= 11 is 0. The first-order chi connectivity index (χ1) is 11.5. The molecule has 0 unspecified atom stereocenters. The van der Waals surface area contributed by atoms with Gasteiger partial charge in [0.2, 0.25) is 0 Å². The van der Waals surface area contributed by atoms with Gasteiger partial charge >= 0.3 is 0 Å². The van der Waals surface area contributed by atoms with Crippen molar-refractivity contribution in [1.29, 1.82) is 0 Å². The number of sulfone groups is 1. The predicted octanol–water partition coefficient (Wildman–Crippen LogP) is 2.83. The average molecular weight is 347 g/mol. The van der Waals surface area contributed by atoms with Gasteiger partial charge in [0.05, 0.1) is 11.0 Å². The minimum atomic E-state index is -3.34. The smallest absolute Gasteiger partial charge is 0.253 e. The van der Waals surface area contributed by atoms with E-state index in [1.807, 2.05) is 18.2 Å². The Hall–Kier alpha value is -2.21. The third-order valence-corrected chi connectivity index (χ3v) is 6.40. The second kappa shape index (κ2) is 6.73. The van der Waals surface area contributed by atoms with Crippen LogP contribution < -0.4 is 0 Å². The summed E-state index contributed by atoms with van der Waals surface area (Å²) in [5.41, 5.74) is 0.989. The zero-order valence-corrected chi connectivity index (χ0v) is 13.9. The van der Waals surface area contributed by atoms with Crippen LogP contribution in [0.15, 0.2) is 54.6 Å². The maximum Gasteiger partial charge on any atom is 0.253 e. The lowest BCUT2D eigenvalue weighted by molar-refractivity contribution is 0.0766. The molecule has 2 aromatic rings. The number of rotatable bonds is 2. The summed E-state index contributed by atoms with van der Waals surface area (Å²) < 4.78 is 38.4. The van der Waals surface area contributed by atoms with Gasteiger partial charge in [-0.1, -0.05) is 36.4 Å². The highest BCUT2D eigenvalue weighted by Gasteiger charge is 2.32. The molecule has 1 amide bonds.